The molecule has 0 fully saturated rings. The van der Waals surface area contributed by atoms with Crippen molar-refractivity contribution >= 4 is 8.46 Å². The first kappa shape index (κ1) is 22.4. The fourth-order valence-electron chi connectivity index (χ4n) is 0.102. The van der Waals surface area contributed by atoms with Crippen LogP contribution in [0.15, 0.2) is 0 Å². The molecule has 0 saturated carbocycles. The van der Waals surface area contributed by atoms with Gasteiger partial charge in [0, 0.05) is 0 Å². The molecule has 0 aromatic carbocycles. The Morgan fingerprint density at radius 3 is 1.27 bits per heavy atom. The molecule has 0 aliphatic rings. The van der Waals surface area contributed by atoms with Gasteiger partial charge in [0.25, 0.3) is 0 Å². The molecule has 0 rings (SSSR count). The molecule has 0 bridgehead atoms. The van der Waals surface area contributed by atoms with Gasteiger partial charge in [-0.2, -0.15) is 0 Å². The Morgan fingerprint density at radius 1 is 1.00 bits per heavy atom. The highest BCUT2D eigenvalue weighted by atomic mass is 31.1. The maximum atomic E-state index is 9.56. The number of hydrogen-bond acceptors (Lipinski definition) is 4. The molecule has 6 N–H and O–H groups in total. The van der Waals surface area contributed by atoms with Crippen LogP contribution in [-0.4, -0.2) is 27.3 Å². The van der Waals surface area contributed by atoms with Crippen molar-refractivity contribution in [3.63, 3.8) is 0 Å². The van der Waals surface area contributed by atoms with Gasteiger partial charge in [0.2, 0.25) is 0 Å². The van der Waals surface area contributed by atoms with Gasteiger partial charge in [-0.05, 0) is 27.6 Å². The third-order valence-corrected chi connectivity index (χ3v) is 1.06. The van der Waals surface area contributed by atoms with Crippen LogP contribution in [0.25, 0.3) is 0 Å². The van der Waals surface area contributed by atoms with Crippen LogP contribution in [0.3, 0.4) is 0 Å². The van der Waals surface area contributed by atoms with E-state index in [1.54, 1.807) is 0 Å². The summed E-state index contributed by atoms with van der Waals surface area (Å²) in [6, 6.07) is 0. The van der Waals surface area contributed by atoms with Crippen molar-refractivity contribution in [3.8, 4) is 0 Å². The Morgan fingerprint density at radius 2 is 1.27 bits per heavy atom. The number of rotatable bonds is 2. The van der Waals surface area contributed by atoms with Crippen LogP contribution in [0.4, 0.5) is 0 Å². The van der Waals surface area contributed by atoms with E-state index in [9.17, 15) is 4.57 Å². The summed E-state index contributed by atoms with van der Waals surface area (Å²) in [5, 5.41) is 0. The molecule has 0 aromatic heterocycles. The second-order valence-electron chi connectivity index (χ2n) is 0.894. The van der Waals surface area contributed by atoms with Crippen molar-refractivity contribution in [2.24, 2.45) is 17.2 Å². The summed E-state index contributed by atoms with van der Waals surface area (Å²) in [4.78, 5) is 0. The van der Waals surface area contributed by atoms with Crippen molar-refractivity contribution in [1.29, 1.82) is 0 Å². The minimum atomic E-state index is -0.0922. The van der Waals surface area contributed by atoms with Crippen LogP contribution in [0.2, 0.25) is 0 Å². The Labute approximate surface area is 71.7 Å². The predicted octanol–water partition coefficient (Wildman–Crippen LogP) is 0.145. The average molecular weight is 184 g/mol. The third-order valence-electron chi connectivity index (χ3n) is 0.352. The highest BCUT2D eigenvalue weighted by Gasteiger charge is 1.78. The Bertz CT molecular complexity index is 39.0. The quantitative estimate of drug-likeness (QED) is 0.532. The molecule has 1 atom stereocenters. The van der Waals surface area contributed by atoms with Crippen LogP contribution >= 0.6 is 8.46 Å². The van der Waals surface area contributed by atoms with Crippen LogP contribution in [0.1, 0.15) is 13.3 Å². The second kappa shape index (κ2) is 90.6. The highest BCUT2D eigenvalue weighted by Crippen LogP contribution is 1.90. The lowest BCUT2D eigenvalue weighted by Gasteiger charge is -1.58. The molecule has 0 aliphatic heterocycles. The summed E-state index contributed by atoms with van der Waals surface area (Å²) in [6.07, 6.45) is 1.90. The summed E-state index contributed by atoms with van der Waals surface area (Å²) in [6.45, 7) is 2.02. The highest BCUT2D eigenvalue weighted by molar-refractivity contribution is 7.23. The predicted molar refractivity (Wildman–Crippen MR) is 54.5 cm³/mol. The van der Waals surface area contributed by atoms with E-state index < -0.39 is 0 Å². The lowest BCUT2D eigenvalue weighted by molar-refractivity contribution is 0.598. The van der Waals surface area contributed by atoms with E-state index in [1.165, 1.54) is 21.1 Å². The normalized spacial score (nSPS) is 5.73. The first-order chi connectivity index (χ1) is 5.41. The van der Waals surface area contributed by atoms with E-state index >= 15 is 0 Å². The molecular formula is C6H23N3OP+. The zero-order valence-corrected chi connectivity index (χ0v) is 9.05. The van der Waals surface area contributed by atoms with Crippen LogP contribution in [-0.2, 0) is 4.57 Å². The van der Waals surface area contributed by atoms with Gasteiger partial charge in [0.1, 0.15) is 6.16 Å². The zero-order chi connectivity index (χ0) is 10.1. The molecule has 4 nitrogen and oxygen atoms in total. The van der Waals surface area contributed by atoms with Gasteiger partial charge in [0.05, 0.1) is 0 Å². The van der Waals surface area contributed by atoms with E-state index in [2.05, 4.69) is 17.2 Å². The van der Waals surface area contributed by atoms with Gasteiger partial charge in [0.15, 0.2) is 0 Å². The maximum absolute atomic E-state index is 9.56. The van der Waals surface area contributed by atoms with Crippen molar-refractivity contribution in [2.45, 2.75) is 13.3 Å². The monoisotopic (exact) mass is 184 g/mol. The molecule has 5 heteroatoms. The number of nitrogens with two attached hydrogens (primary N) is 3. The van der Waals surface area contributed by atoms with Gasteiger partial charge in [-0.15, -0.1) is 0 Å². The molecule has 0 spiro atoms. The van der Waals surface area contributed by atoms with E-state index in [-0.39, 0.29) is 8.46 Å². The molecule has 0 aliphatic carbocycles. The molecule has 72 valence electrons. The molecule has 1 unspecified atom stereocenters. The van der Waals surface area contributed by atoms with Gasteiger partial charge in [-0.1, -0.05) is 11.5 Å². The molecule has 0 aromatic rings. The average Bonchev–Trinajstić information content (AvgIpc) is 2.16. The van der Waals surface area contributed by atoms with Crippen LogP contribution < -0.4 is 17.2 Å². The van der Waals surface area contributed by atoms with Gasteiger partial charge >= 0.3 is 8.46 Å². The minimum Gasteiger partial charge on any atom is -0.333 e. The Kier molecular flexibility index (Phi) is 185. The van der Waals surface area contributed by atoms with Crippen LogP contribution in [0.5, 0.6) is 0 Å². The van der Waals surface area contributed by atoms with Gasteiger partial charge < -0.3 is 17.2 Å². The molecule has 0 heterocycles. The van der Waals surface area contributed by atoms with E-state index in [1.807, 2.05) is 6.92 Å². The van der Waals surface area contributed by atoms with Gasteiger partial charge in [-0.25, -0.2) is 0 Å². The molecular weight excluding hydrogens is 161 g/mol. The van der Waals surface area contributed by atoms with Crippen molar-refractivity contribution in [2.75, 3.05) is 27.3 Å². The summed E-state index contributed by atoms with van der Waals surface area (Å²) in [5.41, 5.74) is 13.5. The summed E-state index contributed by atoms with van der Waals surface area (Å²) in [5.74, 6) is 0. The largest absolute Gasteiger partial charge is 0.333 e. The van der Waals surface area contributed by atoms with Crippen molar-refractivity contribution < 1.29 is 4.57 Å². The lowest BCUT2D eigenvalue weighted by atomic mass is 10.6. The fourth-order valence-corrected chi connectivity index (χ4v) is 0.306. The molecule has 0 radical (unpaired) electrons. The summed E-state index contributed by atoms with van der Waals surface area (Å²) in [7, 11) is 4.41. The third kappa shape index (κ3) is 162. The van der Waals surface area contributed by atoms with E-state index in [0.29, 0.717) is 0 Å². The van der Waals surface area contributed by atoms with E-state index in [4.69, 9.17) is 0 Å². The topological polar surface area (TPSA) is 95.1 Å². The first-order valence-corrected chi connectivity index (χ1v) is 4.61. The lowest BCUT2D eigenvalue weighted by Crippen LogP contribution is -1.69. The first-order valence-electron chi connectivity index (χ1n) is 3.50. The number of hydrogen-bond donors (Lipinski definition) is 3. The molecule has 0 saturated heterocycles. The maximum Gasteiger partial charge on any atom is 0.324 e. The summed E-state index contributed by atoms with van der Waals surface area (Å²) >= 11 is 0. The molecule has 11 heavy (non-hydrogen) atoms. The Hall–Kier alpha value is -0.0200. The van der Waals surface area contributed by atoms with Gasteiger partial charge in [-0.3, -0.25) is 0 Å². The van der Waals surface area contributed by atoms with Crippen molar-refractivity contribution in [3.05, 3.63) is 0 Å². The summed E-state index contributed by atoms with van der Waals surface area (Å²) < 4.78 is 9.56. The smallest absolute Gasteiger partial charge is 0.324 e. The Balaban J connectivity index is -0.0000000350. The van der Waals surface area contributed by atoms with Crippen LogP contribution in [0, 0.1) is 0 Å². The van der Waals surface area contributed by atoms with E-state index in [0.717, 1.165) is 12.6 Å². The second-order valence-corrected chi connectivity index (χ2v) is 1.68. The fraction of sp³-hybridized carbons (Fsp3) is 1.00. The minimum absolute atomic E-state index is 0.0922. The van der Waals surface area contributed by atoms with Crippen molar-refractivity contribution in [1.82, 2.24) is 0 Å². The SMILES string of the molecule is CCC[PH+]=O.CN.CN.CN. The zero-order valence-electron chi connectivity index (χ0n) is 8.05. The molecule has 0 amide bonds. The standard InChI is InChI=1S/C3H7OP.3CH5N/c1-2-3-5-4;3*1-2/h2-3H2,1H3;3*2H2,1H3/p+1.